The fraction of sp³-hybridized carbons (Fsp3) is 0.320. The van der Waals surface area contributed by atoms with Crippen LogP contribution in [0.4, 0.5) is 5.69 Å². The van der Waals surface area contributed by atoms with Crippen molar-refractivity contribution >= 4 is 34.4 Å². The molecule has 3 aromatic rings. The van der Waals surface area contributed by atoms with Crippen molar-refractivity contribution in [3.05, 3.63) is 53.2 Å². The number of carbonyl (C=O) groups is 3. The molecule has 8 heteroatoms. The average molecular weight is 452 g/mol. The van der Waals surface area contributed by atoms with E-state index in [4.69, 9.17) is 9.47 Å². The Kier molecular flexibility index (Phi) is 7.37. The summed E-state index contributed by atoms with van der Waals surface area (Å²) in [5.74, 6) is -0.614. The topological polar surface area (TPSA) is 110 Å². The zero-order valence-electron chi connectivity index (χ0n) is 19.5. The van der Waals surface area contributed by atoms with Gasteiger partial charge in [0.05, 0.1) is 6.61 Å². The molecule has 3 rings (SSSR count). The maximum absolute atomic E-state index is 12.2. The molecule has 2 amide bonds. The highest BCUT2D eigenvalue weighted by atomic mass is 16.5. The summed E-state index contributed by atoms with van der Waals surface area (Å²) < 4.78 is 10.9. The predicted octanol–water partition coefficient (Wildman–Crippen LogP) is 4.32. The number of H-pyrrole nitrogens is 1. The first-order chi connectivity index (χ1) is 15.7. The van der Waals surface area contributed by atoms with Crippen LogP contribution in [0.15, 0.2) is 36.5 Å². The van der Waals surface area contributed by atoms with Crippen LogP contribution < -0.4 is 15.4 Å². The third-order valence-electron chi connectivity index (χ3n) is 5.15. The quantitative estimate of drug-likeness (QED) is 0.366. The van der Waals surface area contributed by atoms with Gasteiger partial charge in [0.2, 0.25) is 0 Å². The molecule has 0 bridgehead atoms. The Morgan fingerprint density at radius 1 is 1.03 bits per heavy atom. The average Bonchev–Trinajstić information content (AvgIpc) is 3.18. The lowest BCUT2D eigenvalue weighted by Gasteiger charge is -2.15. The number of fused-ring (bicyclic) bond motifs is 1. The standard InChI is InChI=1S/C25H29N3O5/c1-6-32-22(29)13-27-24(30)25(31)28-17-9-15(4)23(16(5)10-17)33-18-7-8-21-19(11-18)20(12-26-21)14(2)3/h7-12,14,26H,6,13H2,1-5H3,(H,27,30)(H,28,31). The number of anilines is 1. The molecule has 1 aromatic heterocycles. The highest BCUT2D eigenvalue weighted by molar-refractivity contribution is 6.39. The van der Waals surface area contributed by atoms with Crippen molar-refractivity contribution in [3.8, 4) is 11.5 Å². The van der Waals surface area contributed by atoms with Crippen molar-refractivity contribution in [2.45, 2.75) is 40.5 Å². The second kappa shape index (κ2) is 10.2. The SMILES string of the molecule is CCOC(=O)CNC(=O)C(=O)Nc1cc(C)c(Oc2ccc3[nH]cc(C(C)C)c3c2)c(C)c1. The van der Waals surface area contributed by atoms with Gasteiger partial charge >= 0.3 is 17.8 Å². The Balaban J connectivity index is 1.72. The van der Waals surface area contributed by atoms with Gasteiger partial charge in [-0.25, -0.2) is 0 Å². The summed E-state index contributed by atoms with van der Waals surface area (Å²) in [7, 11) is 0. The molecule has 2 aromatic carbocycles. The minimum absolute atomic E-state index is 0.200. The van der Waals surface area contributed by atoms with Gasteiger partial charge in [-0.1, -0.05) is 13.8 Å². The third-order valence-corrected chi connectivity index (χ3v) is 5.15. The zero-order valence-corrected chi connectivity index (χ0v) is 19.5. The monoisotopic (exact) mass is 451 g/mol. The molecule has 3 N–H and O–H groups in total. The number of aromatic amines is 1. The van der Waals surface area contributed by atoms with Crippen LogP contribution in [0.3, 0.4) is 0 Å². The highest BCUT2D eigenvalue weighted by Gasteiger charge is 2.17. The van der Waals surface area contributed by atoms with Crippen LogP contribution in [0.1, 0.15) is 43.4 Å². The Morgan fingerprint density at radius 3 is 2.36 bits per heavy atom. The number of nitrogens with one attached hydrogen (secondary N) is 3. The molecule has 0 saturated carbocycles. The first-order valence-corrected chi connectivity index (χ1v) is 10.8. The minimum atomic E-state index is -0.917. The molecule has 0 aliphatic rings. The van der Waals surface area contributed by atoms with Crippen molar-refractivity contribution in [2.24, 2.45) is 0 Å². The summed E-state index contributed by atoms with van der Waals surface area (Å²) in [4.78, 5) is 38.7. The number of aryl methyl sites for hydroxylation is 2. The molecule has 0 aliphatic carbocycles. The molecule has 0 saturated heterocycles. The first-order valence-electron chi connectivity index (χ1n) is 10.8. The fourth-order valence-electron chi connectivity index (χ4n) is 3.60. The van der Waals surface area contributed by atoms with E-state index in [2.05, 4.69) is 29.5 Å². The van der Waals surface area contributed by atoms with Crippen molar-refractivity contribution in [3.63, 3.8) is 0 Å². The summed E-state index contributed by atoms with van der Waals surface area (Å²) in [5.41, 5.74) is 4.34. The van der Waals surface area contributed by atoms with Crippen LogP contribution in [0.5, 0.6) is 11.5 Å². The van der Waals surface area contributed by atoms with Gasteiger partial charge in [-0.2, -0.15) is 0 Å². The van der Waals surface area contributed by atoms with Gasteiger partial charge in [-0.05, 0) is 73.7 Å². The Morgan fingerprint density at radius 2 is 1.73 bits per heavy atom. The van der Waals surface area contributed by atoms with Crippen molar-refractivity contribution in [2.75, 3.05) is 18.5 Å². The van der Waals surface area contributed by atoms with Crippen LogP contribution >= 0.6 is 0 Å². The van der Waals surface area contributed by atoms with Gasteiger partial charge in [-0.3, -0.25) is 14.4 Å². The summed E-state index contributed by atoms with van der Waals surface area (Å²) >= 11 is 0. The second-order valence-electron chi connectivity index (χ2n) is 8.09. The summed E-state index contributed by atoms with van der Waals surface area (Å²) in [6.07, 6.45) is 2.02. The molecule has 0 aliphatic heterocycles. The lowest BCUT2D eigenvalue weighted by atomic mass is 10.0. The van der Waals surface area contributed by atoms with Crippen molar-refractivity contribution in [1.82, 2.24) is 10.3 Å². The zero-order chi connectivity index (χ0) is 24.1. The van der Waals surface area contributed by atoms with E-state index in [1.54, 1.807) is 19.1 Å². The Bertz CT molecular complexity index is 1170. The van der Waals surface area contributed by atoms with Crippen LogP contribution in [-0.4, -0.2) is 35.9 Å². The largest absolute Gasteiger partial charge is 0.465 e. The first kappa shape index (κ1) is 23.8. The van der Waals surface area contributed by atoms with E-state index in [1.165, 1.54) is 5.56 Å². The highest BCUT2D eigenvalue weighted by Crippen LogP contribution is 2.34. The number of aromatic nitrogens is 1. The van der Waals surface area contributed by atoms with E-state index in [9.17, 15) is 14.4 Å². The van der Waals surface area contributed by atoms with E-state index >= 15 is 0 Å². The number of ether oxygens (including phenoxy) is 2. The van der Waals surface area contributed by atoms with Crippen LogP contribution in [0.2, 0.25) is 0 Å². The maximum Gasteiger partial charge on any atom is 0.325 e. The Hall–Kier alpha value is -3.81. The van der Waals surface area contributed by atoms with E-state index in [0.717, 1.165) is 22.0 Å². The molecule has 174 valence electrons. The van der Waals surface area contributed by atoms with E-state index < -0.39 is 17.8 Å². The van der Waals surface area contributed by atoms with Gasteiger partial charge in [0.1, 0.15) is 18.0 Å². The van der Waals surface area contributed by atoms with Crippen LogP contribution in [-0.2, 0) is 19.1 Å². The number of benzene rings is 2. The molecular formula is C25H29N3O5. The van der Waals surface area contributed by atoms with Crippen molar-refractivity contribution in [1.29, 1.82) is 0 Å². The summed E-state index contributed by atoms with van der Waals surface area (Å²) in [5, 5.41) is 5.90. The van der Waals surface area contributed by atoms with E-state index in [-0.39, 0.29) is 13.2 Å². The number of rotatable bonds is 7. The number of hydrogen-bond acceptors (Lipinski definition) is 5. The van der Waals surface area contributed by atoms with Gasteiger partial charge in [0.25, 0.3) is 0 Å². The minimum Gasteiger partial charge on any atom is -0.465 e. The van der Waals surface area contributed by atoms with E-state index in [0.29, 0.717) is 23.1 Å². The fourth-order valence-corrected chi connectivity index (χ4v) is 3.60. The summed E-state index contributed by atoms with van der Waals surface area (Å²) in [6, 6.07) is 9.38. The molecule has 0 spiro atoms. The number of hydrogen-bond donors (Lipinski definition) is 3. The number of amides is 2. The van der Waals surface area contributed by atoms with Crippen molar-refractivity contribution < 1.29 is 23.9 Å². The maximum atomic E-state index is 12.2. The van der Waals surface area contributed by atoms with Gasteiger partial charge in [0, 0.05) is 22.8 Å². The lowest BCUT2D eigenvalue weighted by Crippen LogP contribution is -2.38. The van der Waals surface area contributed by atoms with Gasteiger partial charge in [0.15, 0.2) is 0 Å². The number of carbonyl (C=O) groups excluding carboxylic acids is 3. The van der Waals surface area contributed by atoms with E-state index in [1.807, 2.05) is 38.2 Å². The molecule has 0 fully saturated rings. The smallest absolute Gasteiger partial charge is 0.325 e. The Labute approximate surface area is 192 Å². The molecule has 1 heterocycles. The normalized spacial score (nSPS) is 10.8. The van der Waals surface area contributed by atoms with Crippen LogP contribution in [0.25, 0.3) is 10.9 Å². The molecule has 8 nitrogen and oxygen atoms in total. The molecule has 0 unspecified atom stereocenters. The van der Waals surface area contributed by atoms with Gasteiger partial charge < -0.3 is 25.1 Å². The third kappa shape index (κ3) is 5.71. The molecule has 0 atom stereocenters. The second-order valence-corrected chi connectivity index (χ2v) is 8.09. The predicted molar refractivity (Wildman–Crippen MR) is 127 cm³/mol. The van der Waals surface area contributed by atoms with Gasteiger partial charge in [-0.15, -0.1) is 0 Å². The molecule has 0 radical (unpaired) electrons. The summed E-state index contributed by atoms with van der Waals surface area (Å²) in [6.45, 7) is 9.52. The molecular weight excluding hydrogens is 422 g/mol. The number of esters is 1. The van der Waals surface area contributed by atoms with Crippen LogP contribution in [0, 0.1) is 13.8 Å². The lowest BCUT2D eigenvalue weighted by molar-refractivity contribution is -0.144. The molecule has 33 heavy (non-hydrogen) atoms.